The summed E-state index contributed by atoms with van der Waals surface area (Å²) in [7, 11) is 0. The first-order valence-electron chi connectivity index (χ1n) is 6.69. The van der Waals surface area contributed by atoms with Crippen LogP contribution in [0.4, 0.5) is 5.69 Å². The van der Waals surface area contributed by atoms with Gasteiger partial charge in [-0.05, 0) is 12.8 Å². The summed E-state index contributed by atoms with van der Waals surface area (Å²) in [5.74, 6) is -2.18. The van der Waals surface area contributed by atoms with Crippen molar-refractivity contribution in [3.63, 3.8) is 0 Å². The smallest absolute Gasteiger partial charge is 0.322 e. The maximum absolute atomic E-state index is 12.3. The van der Waals surface area contributed by atoms with Crippen LogP contribution >= 0.6 is 0 Å². The Kier molecular flexibility index (Phi) is 4.20. The predicted molar refractivity (Wildman–Crippen MR) is 70.9 cm³/mol. The topological polar surface area (TPSA) is 129 Å². The molecule has 1 atom stereocenters. The van der Waals surface area contributed by atoms with Gasteiger partial charge < -0.3 is 10.0 Å². The van der Waals surface area contributed by atoms with Crippen molar-refractivity contribution in [3.05, 3.63) is 21.5 Å². The number of likely N-dealkylation sites (tertiary alicyclic amines) is 1. The zero-order chi connectivity index (χ0) is 15.6. The monoisotopic (exact) mass is 296 g/mol. The van der Waals surface area contributed by atoms with Gasteiger partial charge in [-0.2, -0.15) is 5.10 Å². The lowest BCUT2D eigenvalue weighted by Crippen LogP contribution is -2.30. The summed E-state index contributed by atoms with van der Waals surface area (Å²) in [4.78, 5) is 35.0. The molecule has 1 saturated heterocycles. The number of carbonyl (C=O) groups excluding carboxylic acids is 1. The van der Waals surface area contributed by atoms with Gasteiger partial charge in [0, 0.05) is 13.1 Å². The number of hydrogen-bond acceptors (Lipinski definition) is 5. The van der Waals surface area contributed by atoms with Gasteiger partial charge in [0.2, 0.25) is 5.69 Å². The molecule has 114 valence electrons. The van der Waals surface area contributed by atoms with Crippen LogP contribution < -0.4 is 0 Å². The maximum atomic E-state index is 12.3. The summed E-state index contributed by atoms with van der Waals surface area (Å²) in [6, 6.07) is 0. The number of aryl methyl sites for hydroxylation is 1. The van der Waals surface area contributed by atoms with Crippen LogP contribution in [-0.4, -0.2) is 50.1 Å². The van der Waals surface area contributed by atoms with E-state index in [0.717, 1.165) is 0 Å². The van der Waals surface area contributed by atoms with E-state index in [1.165, 1.54) is 4.90 Å². The van der Waals surface area contributed by atoms with Crippen LogP contribution in [0.25, 0.3) is 0 Å². The molecule has 1 aromatic heterocycles. The van der Waals surface area contributed by atoms with Crippen LogP contribution in [0, 0.1) is 16.0 Å². The van der Waals surface area contributed by atoms with Crippen LogP contribution in [0.1, 0.15) is 35.9 Å². The lowest BCUT2D eigenvalue weighted by molar-refractivity contribution is -0.385. The highest BCUT2D eigenvalue weighted by Crippen LogP contribution is 2.26. The Morgan fingerprint density at radius 1 is 1.57 bits per heavy atom. The molecule has 1 unspecified atom stereocenters. The van der Waals surface area contributed by atoms with E-state index in [4.69, 9.17) is 5.11 Å². The quantitative estimate of drug-likeness (QED) is 0.611. The van der Waals surface area contributed by atoms with Gasteiger partial charge in [0.15, 0.2) is 0 Å². The third-order valence-corrected chi connectivity index (χ3v) is 3.52. The fourth-order valence-corrected chi connectivity index (χ4v) is 2.44. The second kappa shape index (κ2) is 5.90. The summed E-state index contributed by atoms with van der Waals surface area (Å²) in [6.07, 6.45) is 1.46. The molecule has 0 radical (unpaired) electrons. The molecule has 1 aliphatic rings. The van der Waals surface area contributed by atoms with Gasteiger partial charge >= 0.3 is 11.7 Å². The number of carboxylic acid groups (broad SMARTS) is 1. The molecule has 9 nitrogen and oxygen atoms in total. The van der Waals surface area contributed by atoms with E-state index >= 15 is 0 Å². The summed E-state index contributed by atoms with van der Waals surface area (Å²) in [5.41, 5.74) is -0.227. The second-order valence-corrected chi connectivity index (χ2v) is 4.98. The Morgan fingerprint density at radius 3 is 2.81 bits per heavy atom. The van der Waals surface area contributed by atoms with Crippen LogP contribution in [0.2, 0.25) is 0 Å². The minimum Gasteiger partial charge on any atom is -0.481 e. The first-order valence-corrected chi connectivity index (χ1v) is 6.69. The number of hydrogen-bond donors (Lipinski definition) is 2. The van der Waals surface area contributed by atoms with Gasteiger partial charge in [-0.1, -0.05) is 13.3 Å². The summed E-state index contributed by atoms with van der Waals surface area (Å²) in [6.45, 7) is 2.19. The first-order chi connectivity index (χ1) is 9.95. The number of amides is 1. The summed E-state index contributed by atoms with van der Waals surface area (Å²) >= 11 is 0. The van der Waals surface area contributed by atoms with Crippen molar-refractivity contribution < 1.29 is 19.6 Å². The van der Waals surface area contributed by atoms with E-state index in [1.807, 2.05) is 6.92 Å². The van der Waals surface area contributed by atoms with E-state index in [-0.39, 0.29) is 24.5 Å². The minimum atomic E-state index is -0.964. The first kappa shape index (κ1) is 14.9. The highest BCUT2D eigenvalue weighted by atomic mass is 16.6. The molecule has 1 aliphatic heterocycles. The standard InChI is InChI=1S/C12H16N4O5/c1-2-3-8-10(16(20)21)9(14-13-8)11(17)15-5-4-7(6-15)12(18)19/h7H,2-6H2,1H3,(H,13,14)(H,18,19). The molecule has 2 N–H and O–H groups in total. The SMILES string of the molecule is CCCc1[nH]nc(C(=O)N2CCC(C(=O)O)C2)c1[N+](=O)[O-]. The van der Waals surface area contributed by atoms with E-state index in [0.29, 0.717) is 25.0 Å². The van der Waals surface area contributed by atoms with Gasteiger partial charge in [0.25, 0.3) is 5.91 Å². The van der Waals surface area contributed by atoms with E-state index in [1.54, 1.807) is 0 Å². The maximum Gasteiger partial charge on any atom is 0.322 e. The molecule has 0 aromatic carbocycles. The van der Waals surface area contributed by atoms with Crippen molar-refractivity contribution >= 4 is 17.6 Å². The summed E-state index contributed by atoms with van der Waals surface area (Å²) < 4.78 is 0. The van der Waals surface area contributed by atoms with Crippen molar-refractivity contribution in [2.24, 2.45) is 5.92 Å². The van der Waals surface area contributed by atoms with Gasteiger partial charge in [0.05, 0.1) is 10.8 Å². The van der Waals surface area contributed by atoms with Crippen LogP contribution in [0.5, 0.6) is 0 Å². The van der Waals surface area contributed by atoms with Crippen molar-refractivity contribution in [1.82, 2.24) is 15.1 Å². The number of aromatic amines is 1. The summed E-state index contributed by atoms with van der Waals surface area (Å²) in [5, 5.41) is 26.4. The Balaban J connectivity index is 2.24. The molecule has 21 heavy (non-hydrogen) atoms. The normalized spacial score (nSPS) is 18.0. The molecule has 9 heteroatoms. The van der Waals surface area contributed by atoms with Crippen molar-refractivity contribution in [2.75, 3.05) is 13.1 Å². The van der Waals surface area contributed by atoms with E-state index in [2.05, 4.69) is 10.2 Å². The number of aliphatic carboxylic acids is 1. The fourth-order valence-electron chi connectivity index (χ4n) is 2.44. The molecule has 0 aliphatic carbocycles. The number of carboxylic acids is 1. The fraction of sp³-hybridized carbons (Fsp3) is 0.583. The molecule has 0 spiro atoms. The number of carbonyl (C=O) groups is 2. The zero-order valence-electron chi connectivity index (χ0n) is 11.5. The highest BCUT2D eigenvalue weighted by Gasteiger charge is 2.36. The largest absolute Gasteiger partial charge is 0.481 e. The average molecular weight is 296 g/mol. The molecule has 1 aromatic rings. The highest BCUT2D eigenvalue weighted by molar-refractivity contribution is 5.97. The van der Waals surface area contributed by atoms with Crippen molar-refractivity contribution in [2.45, 2.75) is 26.2 Å². The Bertz CT molecular complexity index is 582. The molecule has 1 amide bonds. The third-order valence-electron chi connectivity index (χ3n) is 3.52. The lowest BCUT2D eigenvalue weighted by Gasteiger charge is -2.13. The molecule has 0 bridgehead atoms. The zero-order valence-corrected chi connectivity index (χ0v) is 11.5. The number of nitrogens with one attached hydrogen (secondary N) is 1. The third kappa shape index (κ3) is 2.86. The number of aromatic nitrogens is 2. The molecular formula is C12H16N4O5. The number of nitro groups is 1. The molecule has 2 heterocycles. The lowest BCUT2D eigenvalue weighted by atomic mass is 10.1. The van der Waals surface area contributed by atoms with Crippen LogP contribution in [-0.2, 0) is 11.2 Å². The molecule has 0 saturated carbocycles. The van der Waals surface area contributed by atoms with E-state index < -0.39 is 22.7 Å². The van der Waals surface area contributed by atoms with E-state index in [9.17, 15) is 19.7 Å². The average Bonchev–Trinajstić information content (AvgIpc) is 3.04. The Hall–Kier alpha value is -2.45. The van der Waals surface area contributed by atoms with Gasteiger partial charge in [-0.3, -0.25) is 24.8 Å². The van der Waals surface area contributed by atoms with Gasteiger partial charge in [0.1, 0.15) is 5.69 Å². The van der Waals surface area contributed by atoms with Gasteiger partial charge in [-0.15, -0.1) is 0 Å². The molecular weight excluding hydrogens is 280 g/mol. The second-order valence-electron chi connectivity index (χ2n) is 4.98. The Labute approximate surface area is 120 Å². The minimum absolute atomic E-state index is 0.0568. The number of nitrogens with zero attached hydrogens (tertiary/aromatic N) is 3. The van der Waals surface area contributed by atoms with Gasteiger partial charge in [-0.25, -0.2) is 0 Å². The van der Waals surface area contributed by atoms with Crippen LogP contribution in [0.15, 0.2) is 0 Å². The predicted octanol–water partition coefficient (Wildman–Crippen LogP) is 0.817. The number of H-pyrrole nitrogens is 1. The van der Waals surface area contributed by atoms with Crippen LogP contribution in [0.3, 0.4) is 0 Å². The Morgan fingerprint density at radius 2 is 2.29 bits per heavy atom. The molecule has 1 fully saturated rings. The van der Waals surface area contributed by atoms with Crippen molar-refractivity contribution in [1.29, 1.82) is 0 Å². The molecule has 2 rings (SSSR count). The number of rotatable bonds is 5. The van der Waals surface area contributed by atoms with Crippen molar-refractivity contribution in [3.8, 4) is 0 Å².